The van der Waals surface area contributed by atoms with Crippen LogP contribution in [0.2, 0.25) is 0 Å². The van der Waals surface area contributed by atoms with Gasteiger partial charge in [0.2, 0.25) is 5.91 Å². The van der Waals surface area contributed by atoms with Crippen molar-refractivity contribution in [1.82, 2.24) is 5.32 Å². The Labute approximate surface area is 116 Å². The molecule has 1 aliphatic rings. The number of rotatable bonds is 4. The zero-order valence-corrected chi connectivity index (χ0v) is 11.2. The molecule has 0 spiro atoms. The largest absolute Gasteiger partial charge is 0.353 e. The smallest absolute Gasteiger partial charge is 0.224 e. The first-order valence-electron chi connectivity index (χ1n) is 6.39. The van der Waals surface area contributed by atoms with Crippen LogP contribution < -0.4 is 5.32 Å². The minimum Gasteiger partial charge on any atom is -0.353 e. The molecular formula is C14H16ClF2NO. The molecule has 0 aliphatic heterocycles. The Morgan fingerprint density at radius 3 is 2.79 bits per heavy atom. The number of halogens is 3. The molecule has 1 aromatic carbocycles. The van der Waals surface area contributed by atoms with Crippen molar-refractivity contribution in [2.75, 3.05) is 5.88 Å². The van der Waals surface area contributed by atoms with E-state index in [1.54, 1.807) is 0 Å². The molecular weight excluding hydrogens is 272 g/mol. The van der Waals surface area contributed by atoms with Crippen molar-refractivity contribution in [3.8, 4) is 0 Å². The summed E-state index contributed by atoms with van der Waals surface area (Å²) in [6.45, 7) is 0. The highest BCUT2D eigenvalue weighted by molar-refractivity contribution is 6.18. The molecule has 1 aliphatic carbocycles. The van der Waals surface area contributed by atoms with Gasteiger partial charge in [-0.15, -0.1) is 11.6 Å². The number of amides is 1. The highest BCUT2D eigenvalue weighted by Gasteiger charge is 2.27. The van der Waals surface area contributed by atoms with Crippen LogP contribution in [-0.2, 0) is 11.2 Å². The minimum absolute atomic E-state index is 0.0582. The Bertz CT molecular complexity index is 467. The third-order valence-electron chi connectivity index (χ3n) is 3.55. The monoisotopic (exact) mass is 287 g/mol. The molecule has 1 N–H and O–H groups in total. The van der Waals surface area contributed by atoms with Crippen molar-refractivity contribution in [2.45, 2.75) is 31.7 Å². The molecule has 104 valence electrons. The van der Waals surface area contributed by atoms with Crippen LogP contribution in [0.1, 0.15) is 24.8 Å². The van der Waals surface area contributed by atoms with E-state index in [2.05, 4.69) is 5.32 Å². The molecule has 0 heterocycles. The first-order valence-corrected chi connectivity index (χ1v) is 6.93. The molecule has 2 atom stereocenters. The van der Waals surface area contributed by atoms with Gasteiger partial charge in [0, 0.05) is 11.9 Å². The summed E-state index contributed by atoms with van der Waals surface area (Å²) in [6, 6.07) is 3.62. The van der Waals surface area contributed by atoms with Crippen LogP contribution in [0.25, 0.3) is 0 Å². The van der Waals surface area contributed by atoms with Gasteiger partial charge in [-0.3, -0.25) is 4.79 Å². The van der Waals surface area contributed by atoms with Crippen LogP contribution in [0.3, 0.4) is 0 Å². The molecule has 0 bridgehead atoms. The quantitative estimate of drug-likeness (QED) is 0.848. The van der Waals surface area contributed by atoms with Crippen molar-refractivity contribution in [3.63, 3.8) is 0 Å². The summed E-state index contributed by atoms with van der Waals surface area (Å²) in [7, 11) is 0. The van der Waals surface area contributed by atoms with Crippen LogP contribution in [0.15, 0.2) is 18.2 Å². The molecule has 0 radical (unpaired) electrons. The van der Waals surface area contributed by atoms with Crippen LogP contribution in [0, 0.1) is 17.6 Å². The number of hydrogen-bond acceptors (Lipinski definition) is 1. The van der Waals surface area contributed by atoms with Crippen LogP contribution in [0.4, 0.5) is 8.78 Å². The Hall–Kier alpha value is -1.16. The molecule has 2 unspecified atom stereocenters. The number of nitrogens with one attached hydrogen (secondary N) is 1. The minimum atomic E-state index is -0.926. The lowest BCUT2D eigenvalue weighted by Gasteiger charge is -2.18. The van der Waals surface area contributed by atoms with Crippen molar-refractivity contribution in [1.29, 1.82) is 0 Å². The molecule has 1 fully saturated rings. The van der Waals surface area contributed by atoms with E-state index in [1.807, 2.05) is 0 Å². The van der Waals surface area contributed by atoms with E-state index in [9.17, 15) is 13.6 Å². The third-order valence-corrected chi connectivity index (χ3v) is 3.95. The lowest BCUT2D eigenvalue weighted by atomic mass is 10.1. The molecule has 1 aromatic rings. The molecule has 1 amide bonds. The predicted octanol–water partition coefficient (Wildman–Crippen LogP) is 3.03. The number of carbonyl (C=O) groups is 1. The summed E-state index contributed by atoms with van der Waals surface area (Å²) >= 11 is 5.84. The highest BCUT2D eigenvalue weighted by Crippen LogP contribution is 2.26. The zero-order valence-electron chi connectivity index (χ0n) is 10.5. The highest BCUT2D eigenvalue weighted by atomic mass is 35.5. The van der Waals surface area contributed by atoms with E-state index in [-0.39, 0.29) is 18.4 Å². The topological polar surface area (TPSA) is 29.1 Å². The second kappa shape index (κ2) is 6.33. The summed E-state index contributed by atoms with van der Waals surface area (Å²) in [5.74, 6) is -1.15. The normalized spacial score (nSPS) is 22.5. The van der Waals surface area contributed by atoms with Crippen molar-refractivity contribution < 1.29 is 13.6 Å². The Morgan fingerprint density at radius 2 is 2.11 bits per heavy atom. The van der Waals surface area contributed by atoms with Gasteiger partial charge < -0.3 is 5.32 Å². The predicted molar refractivity (Wildman–Crippen MR) is 70.1 cm³/mol. The van der Waals surface area contributed by atoms with Crippen molar-refractivity contribution in [2.24, 2.45) is 5.92 Å². The summed E-state index contributed by atoms with van der Waals surface area (Å²) in [6.07, 6.45) is 3.08. The molecule has 2 nitrogen and oxygen atoms in total. The zero-order chi connectivity index (χ0) is 13.8. The van der Waals surface area contributed by atoms with E-state index >= 15 is 0 Å². The fraction of sp³-hybridized carbons (Fsp3) is 0.500. The molecule has 0 saturated heterocycles. The van der Waals surface area contributed by atoms with Gasteiger partial charge in [-0.1, -0.05) is 12.5 Å². The average Bonchev–Trinajstić information content (AvgIpc) is 2.81. The number of hydrogen-bond donors (Lipinski definition) is 1. The fourth-order valence-corrected chi connectivity index (χ4v) is 2.87. The van der Waals surface area contributed by atoms with Crippen molar-refractivity contribution in [3.05, 3.63) is 35.4 Å². The van der Waals surface area contributed by atoms with Crippen LogP contribution in [-0.4, -0.2) is 17.8 Å². The van der Waals surface area contributed by atoms with Gasteiger partial charge >= 0.3 is 0 Å². The summed E-state index contributed by atoms with van der Waals surface area (Å²) in [4.78, 5) is 11.9. The molecule has 1 saturated carbocycles. The van der Waals surface area contributed by atoms with Crippen molar-refractivity contribution >= 4 is 17.5 Å². The Morgan fingerprint density at radius 1 is 1.32 bits per heavy atom. The standard InChI is InChI=1S/C14H16ClF2NO/c15-8-10-2-1-3-13(10)18-14(19)7-9-4-5-11(16)12(17)6-9/h4-6,10,13H,1-3,7-8H2,(H,18,19). The maximum Gasteiger partial charge on any atom is 0.224 e. The van der Waals surface area contributed by atoms with Gasteiger partial charge in [-0.25, -0.2) is 8.78 Å². The van der Waals surface area contributed by atoms with E-state index in [4.69, 9.17) is 11.6 Å². The average molecular weight is 288 g/mol. The Kier molecular flexibility index (Phi) is 4.75. The number of carbonyl (C=O) groups excluding carboxylic acids is 1. The number of alkyl halides is 1. The fourth-order valence-electron chi connectivity index (χ4n) is 2.50. The molecule has 19 heavy (non-hydrogen) atoms. The van der Waals surface area contributed by atoms with E-state index in [0.717, 1.165) is 31.4 Å². The SMILES string of the molecule is O=C(Cc1ccc(F)c(F)c1)NC1CCCC1CCl. The van der Waals surface area contributed by atoms with Gasteiger partial charge in [0.15, 0.2) is 11.6 Å². The first kappa shape index (κ1) is 14.3. The van der Waals surface area contributed by atoms with E-state index in [0.29, 0.717) is 17.4 Å². The summed E-state index contributed by atoms with van der Waals surface area (Å²) in [5.41, 5.74) is 0.469. The summed E-state index contributed by atoms with van der Waals surface area (Å²) < 4.78 is 25.8. The maximum atomic E-state index is 13.0. The lowest BCUT2D eigenvalue weighted by molar-refractivity contribution is -0.121. The second-order valence-electron chi connectivity index (χ2n) is 4.94. The third kappa shape index (κ3) is 3.66. The first-order chi connectivity index (χ1) is 9.10. The van der Waals surface area contributed by atoms with E-state index in [1.165, 1.54) is 6.07 Å². The summed E-state index contributed by atoms with van der Waals surface area (Å²) in [5, 5.41) is 2.92. The van der Waals surface area contributed by atoms with Gasteiger partial charge in [0.25, 0.3) is 0 Å². The molecule has 0 aromatic heterocycles. The van der Waals surface area contributed by atoms with Gasteiger partial charge in [0.1, 0.15) is 0 Å². The number of benzene rings is 1. The maximum absolute atomic E-state index is 13.0. The second-order valence-corrected chi connectivity index (χ2v) is 5.25. The van der Waals surface area contributed by atoms with Gasteiger partial charge in [-0.2, -0.15) is 0 Å². The van der Waals surface area contributed by atoms with Gasteiger partial charge in [0.05, 0.1) is 6.42 Å². The van der Waals surface area contributed by atoms with Crippen LogP contribution in [0.5, 0.6) is 0 Å². The molecule has 5 heteroatoms. The molecule has 2 rings (SSSR count). The lowest BCUT2D eigenvalue weighted by Crippen LogP contribution is -2.38. The van der Waals surface area contributed by atoms with Gasteiger partial charge in [-0.05, 0) is 36.5 Å². The Balaban J connectivity index is 1.92. The van der Waals surface area contributed by atoms with Crippen LogP contribution >= 0.6 is 11.6 Å². The van der Waals surface area contributed by atoms with E-state index < -0.39 is 11.6 Å².